The van der Waals surface area contributed by atoms with Gasteiger partial charge >= 0.3 is 0 Å². The van der Waals surface area contributed by atoms with Gasteiger partial charge in [-0.3, -0.25) is 4.79 Å². The van der Waals surface area contributed by atoms with Crippen LogP contribution in [-0.4, -0.2) is 56.1 Å². The summed E-state index contributed by atoms with van der Waals surface area (Å²) in [6.45, 7) is 5.13. The molecular formula is C20H24N6O. The molecule has 7 nitrogen and oxygen atoms in total. The van der Waals surface area contributed by atoms with E-state index in [0.717, 1.165) is 25.2 Å². The normalized spacial score (nSPS) is 16.3. The SMILES string of the molecule is CC(CN1CCCCC1)NC(=O)c1cc(-c2ccccc2)nc2ncnn12. The fourth-order valence-electron chi connectivity index (χ4n) is 3.60. The maximum atomic E-state index is 12.9. The minimum Gasteiger partial charge on any atom is -0.347 e. The fourth-order valence-corrected chi connectivity index (χ4v) is 3.60. The Morgan fingerprint density at radius 3 is 2.74 bits per heavy atom. The summed E-state index contributed by atoms with van der Waals surface area (Å²) in [6.07, 6.45) is 5.21. The Kier molecular flexibility index (Phi) is 5.11. The van der Waals surface area contributed by atoms with Crippen molar-refractivity contribution in [3.8, 4) is 11.3 Å². The topological polar surface area (TPSA) is 75.4 Å². The molecule has 1 aliphatic rings. The highest BCUT2D eigenvalue weighted by molar-refractivity contribution is 5.94. The molecule has 7 heteroatoms. The van der Waals surface area contributed by atoms with Gasteiger partial charge in [0, 0.05) is 18.2 Å². The molecule has 0 radical (unpaired) electrons. The van der Waals surface area contributed by atoms with Crippen LogP contribution >= 0.6 is 0 Å². The number of carbonyl (C=O) groups excluding carboxylic acids is 1. The number of aromatic nitrogens is 4. The van der Waals surface area contributed by atoms with Gasteiger partial charge in [0.05, 0.1) is 5.69 Å². The van der Waals surface area contributed by atoms with E-state index < -0.39 is 0 Å². The van der Waals surface area contributed by atoms with Crippen molar-refractivity contribution < 1.29 is 4.79 Å². The van der Waals surface area contributed by atoms with E-state index in [1.807, 2.05) is 37.3 Å². The van der Waals surface area contributed by atoms with Crippen LogP contribution in [0, 0.1) is 0 Å². The molecule has 27 heavy (non-hydrogen) atoms. The van der Waals surface area contributed by atoms with Crippen LogP contribution in [0.15, 0.2) is 42.7 Å². The highest BCUT2D eigenvalue weighted by atomic mass is 16.2. The summed E-state index contributed by atoms with van der Waals surface area (Å²) in [6, 6.07) is 11.6. The number of benzene rings is 1. The summed E-state index contributed by atoms with van der Waals surface area (Å²) in [5.41, 5.74) is 2.10. The number of hydrogen-bond acceptors (Lipinski definition) is 5. The molecule has 1 amide bonds. The smallest absolute Gasteiger partial charge is 0.270 e. The quantitative estimate of drug-likeness (QED) is 0.752. The molecule has 0 saturated carbocycles. The van der Waals surface area contributed by atoms with Crippen molar-refractivity contribution in [2.24, 2.45) is 0 Å². The largest absolute Gasteiger partial charge is 0.347 e. The van der Waals surface area contributed by atoms with Gasteiger partial charge in [-0.05, 0) is 38.9 Å². The number of nitrogens with one attached hydrogen (secondary N) is 1. The summed E-state index contributed by atoms with van der Waals surface area (Å²) < 4.78 is 1.50. The number of rotatable bonds is 5. The third-order valence-corrected chi connectivity index (χ3v) is 4.91. The molecule has 2 aromatic heterocycles. The average Bonchev–Trinajstić information content (AvgIpc) is 3.17. The van der Waals surface area contributed by atoms with Crippen LogP contribution in [0.5, 0.6) is 0 Å². The maximum absolute atomic E-state index is 12.9. The third-order valence-electron chi connectivity index (χ3n) is 4.91. The van der Waals surface area contributed by atoms with Gasteiger partial charge in [0.2, 0.25) is 0 Å². The summed E-state index contributed by atoms with van der Waals surface area (Å²) in [4.78, 5) is 24.1. The molecule has 140 valence electrons. The molecule has 3 aromatic rings. The van der Waals surface area contributed by atoms with E-state index in [0.29, 0.717) is 17.2 Å². The van der Waals surface area contributed by atoms with E-state index in [-0.39, 0.29) is 11.9 Å². The minimum atomic E-state index is -0.158. The van der Waals surface area contributed by atoms with Crippen LogP contribution in [0.3, 0.4) is 0 Å². The number of amides is 1. The van der Waals surface area contributed by atoms with Crippen molar-refractivity contribution >= 4 is 11.7 Å². The Hall–Kier alpha value is -2.80. The molecular weight excluding hydrogens is 340 g/mol. The van der Waals surface area contributed by atoms with Crippen molar-refractivity contribution in [1.29, 1.82) is 0 Å². The lowest BCUT2D eigenvalue weighted by atomic mass is 10.1. The van der Waals surface area contributed by atoms with Gasteiger partial charge in [0.1, 0.15) is 12.0 Å². The molecule has 1 N–H and O–H groups in total. The van der Waals surface area contributed by atoms with Crippen LogP contribution < -0.4 is 5.32 Å². The molecule has 1 atom stereocenters. The van der Waals surface area contributed by atoms with Gasteiger partial charge < -0.3 is 10.2 Å². The van der Waals surface area contributed by atoms with Crippen molar-refractivity contribution in [1.82, 2.24) is 29.8 Å². The molecule has 1 aliphatic heterocycles. The zero-order valence-electron chi connectivity index (χ0n) is 15.5. The highest BCUT2D eigenvalue weighted by Crippen LogP contribution is 2.19. The number of nitrogens with zero attached hydrogens (tertiary/aromatic N) is 5. The number of piperidine rings is 1. The number of hydrogen-bond donors (Lipinski definition) is 1. The van der Waals surface area contributed by atoms with Crippen LogP contribution in [0.4, 0.5) is 0 Å². The Labute approximate surface area is 158 Å². The van der Waals surface area contributed by atoms with Gasteiger partial charge in [0.25, 0.3) is 11.7 Å². The van der Waals surface area contributed by atoms with E-state index >= 15 is 0 Å². The standard InChI is InChI=1S/C20H24N6O/c1-15(13-25-10-6-3-7-11-25)23-19(27)18-12-17(16-8-4-2-5-9-16)24-20-21-14-22-26(18)20/h2,4-5,8-9,12,14-15H,3,6-7,10-11,13H2,1H3,(H,23,27). The molecule has 1 fully saturated rings. The van der Waals surface area contributed by atoms with Gasteiger partial charge in [0.15, 0.2) is 0 Å². The number of carbonyl (C=O) groups is 1. The molecule has 0 spiro atoms. The fraction of sp³-hybridized carbons (Fsp3) is 0.400. The van der Waals surface area contributed by atoms with Crippen LogP contribution in [0.1, 0.15) is 36.7 Å². The zero-order valence-corrected chi connectivity index (χ0v) is 15.5. The van der Waals surface area contributed by atoms with Gasteiger partial charge in [-0.1, -0.05) is 36.8 Å². The van der Waals surface area contributed by atoms with Crippen LogP contribution in [0.25, 0.3) is 17.0 Å². The van der Waals surface area contributed by atoms with Gasteiger partial charge in [-0.15, -0.1) is 0 Å². The van der Waals surface area contributed by atoms with E-state index in [1.54, 1.807) is 6.07 Å². The number of likely N-dealkylation sites (tertiary alicyclic amines) is 1. The second-order valence-electron chi connectivity index (χ2n) is 7.10. The number of fused-ring (bicyclic) bond motifs is 1. The molecule has 4 rings (SSSR count). The first-order valence-corrected chi connectivity index (χ1v) is 9.50. The van der Waals surface area contributed by atoms with Crippen molar-refractivity contribution in [3.63, 3.8) is 0 Å². The first kappa shape index (κ1) is 17.6. The highest BCUT2D eigenvalue weighted by Gasteiger charge is 2.19. The van der Waals surface area contributed by atoms with Crippen molar-refractivity contribution in [3.05, 3.63) is 48.4 Å². The van der Waals surface area contributed by atoms with E-state index in [1.165, 1.54) is 30.1 Å². The Bertz CT molecular complexity index is 917. The predicted molar refractivity (Wildman–Crippen MR) is 103 cm³/mol. The molecule has 1 unspecified atom stereocenters. The maximum Gasteiger partial charge on any atom is 0.270 e. The van der Waals surface area contributed by atoms with Crippen molar-refractivity contribution in [2.75, 3.05) is 19.6 Å². The minimum absolute atomic E-state index is 0.0579. The predicted octanol–water partition coefficient (Wildman–Crippen LogP) is 2.40. The lowest BCUT2D eigenvalue weighted by Gasteiger charge is -2.29. The summed E-state index contributed by atoms with van der Waals surface area (Å²) >= 11 is 0. The van der Waals surface area contributed by atoms with Crippen LogP contribution in [-0.2, 0) is 0 Å². The molecule has 0 bridgehead atoms. The molecule has 1 aromatic carbocycles. The van der Waals surface area contributed by atoms with Crippen molar-refractivity contribution in [2.45, 2.75) is 32.2 Å². The second-order valence-corrected chi connectivity index (χ2v) is 7.10. The average molecular weight is 364 g/mol. The Balaban J connectivity index is 1.56. The van der Waals surface area contributed by atoms with E-state index in [4.69, 9.17) is 0 Å². The Morgan fingerprint density at radius 1 is 1.19 bits per heavy atom. The summed E-state index contributed by atoms with van der Waals surface area (Å²) in [5, 5.41) is 7.28. The van der Waals surface area contributed by atoms with Gasteiger partial charge in [-0.2, -0.15) is 14.6 Å². The van der Waals surface area contributed by atoms with E-state index in [9.17, 15) is 4.79 Å². The Morgan fingerprint density at radius 2 is 1.96 bits per heavy atom. The monoisotopic (exact) mass is 364 g/mol. The lowest BCUT2D eigenvalue weighted by molar-refractivity contribution is 0.0918. The molecule has 3 heterocycles. The van der Waals surface area contributed by atoms with E-state index in [2.05, 4.69) is 25.3 Å². The lowest BCUT2D eigenvalue weighted by Crippen LogP contribution is -2.44. The third kappa shape index (κ3) is 3.98. The summed E-state index contributed by atoms with van der Waals surface area (Å²) in [5.74, 6) is 0.264. The summed E-state index contributed by atoms with van der Waals surface area (Å²) in [7, 11) is 0. The first-order valence-electron chi connectivity index (χ1n) is 9.50. The molecule has 1 saturated heterocycles. The first-order chi connectivity index (χ1) is 13.2. The van der Waals surface area contributed by atoms with Crippen LogP contribution in [0.2, 0.25) is 0 Å². The molecule has 0 aliphatic carbocycles. The van der Waals surface area contributed by atoms with Gasteiger partial charge in [-0.25, -0.2) is 4.98 Å². The zero-order chi connectivity index (χ0) is 18.6. The second kappa shape index (κ2) is 7.84.